The first-order valence-corrected chi connectivity index (χ1v) is 18.5. The number of carbonyl (C=O) groups excluding carboxylic acids is 4. The summed E-state index contributed by atoms with van der Waals surface area (Å²) in [6.45, 7) is 0.737. The lowest BCUT2D eigenvalue weighted by atomic mass is 9.67. The summed E-state index contributed by atoms with van der Waals surface area (Å²) in [5, 5.41) is 25.7. The van der Waals surface area contributed by atoms with E-state index in [-0.39, 0.29) is 47.8 Å². The second-order valence-corrected chi connectivity index (χ2v) is 16.1. The standard InChI is InChI=1S/C40H37FN8O6/c1-46-9-7-39(54,36(46)52)6-5-20-13-26-25(15-29(20)41)21-11-23(12-21)48-19-31(44-33(26)48)35(51)45-38-16-24(17-38)49-18-30(32(42)50)43-34(49)27-14-22(3-4-28(27)38)40(55)8-10-47(2)37(40)53/h3-4,13-15,18-19,21,23-24,54-55H,7-12,16-17H2,1-2H3,(H2,42,50)(H,45,51). The lowest BCUT2D eigenvalue weighted by Crippen LogP contribution is -2.54. The predicted octanol–water partition coefficient (Wildman–Crippen LogP) is 2.05. The van der Waals surface area contributed by atoms with Crippen molar-refractivity contribution in [3.05, 3.63) is 82.2 Å². The minimum Gasteiger partial charge on any atom is -0.375 e. The fraction of sp³-hybridized carbons (Fsp3) is 0.400. The smallest absolute Gasteiger partial charge is 0.272 e. The van der Waals surface area contributed by atoms with Crippen LogP contribution < -0.4 is 11.1 Å². The molecule has 0 radical (unpaired) electrons. The topological polar surface area (TPSA) is 189 Å². The Kier molecular flexibility index (Phi) is 6.81. The Balaban J connectivity index is 1.01. The highest BCUT2D eigenvalue weighted by atomic mass is 19.1. The van der Waals surface area contributed by atoms with Gasteiger partial charge in [-0.3, -0.25) is 19.2 Å². The van der Waals surface area contributed by atoms with Crippen LogP contribution >= 0.6 is 0 Å². The van der Waals surface area contributed by atoms with E-state index in [0.29, 0.717) is 54.3 Å². The lowest BCUT2D eigenvalue weighted by molar-refractivity contribution is -0.143. The van der Waals surface area contributed by atoms with Crippen LogP contribution in [0.4, 0.5) is 4.39 Å². The van der Waals surface area contributed by atoms with Gasteiger partial charge in [0.2, 0.25) is 5.60 Å². The van der Waals surface area contributed by atoms with Gasteiger partial charge in [-0.15, -0.1) is 0 Å². The Morgan fingerprint density at radius 1 is 0.909 bits per heavy atom. The first-order valence-electron chi connectivity index (χ1n) is 18.5. The third-order valence-corrected chi connectivity index (χ3v) is 12.9. The van der Waals surface area contributed by atoms with Crippen LogP contribution in [0.5, 0.6) is 0 Å². The number of aromatic nitrogens is 4. The number of likely N-dealkylation sites (N-methyl/N-ethyl adjacent to an activating group) is 2. The number of primary amides is 1. The van der Waals surface area contributed by atoms with Gasteiger partial charge in [-0.25, -0.2) is 14.4 Å². The molecule has 4 fully saturated rings. The van der Waals surface area contributed by atoms with Crippen molar-refractivity contribution in [2.75, 3.05) is 27.2 Å². The molecular weight excluding hydrogens is 707 g/mol. The van der Waals surface area contributed by atoms with E-state index in [0.717, 1.165) is 24.0 Å². The number of halogens is 1. The Hall–Kier alpha value is -5.85. The van der Waals surface area contributed by atoms with E-state index < -0.39 is 46.2 Å². The Labute approximate surface area is 314 Å². The number of likely N-dealkylation sites (tertiary alicyclic amines) is 2. The Morgan fingerprint density at radius 2 is 1.58 bits per heavy atom. The van der Waals surface area contributed by atoms with Crippen LogP contribution in [0.3, 0.4) is 0 Å². The van der Waals surface area contributed by atoms with Gasteiger partial charge in [0.05, 0.1) is 11.1 Å². The molecule has 4 aromatic rings. The minimum absolute atomic E-state index is 0.0237. The molecule has 15 heteroatoms. The molecule has 0 spiro atoms. The first kappa shape index (κ1) is 33.7. The molecule has 2 atom stereocenters. The molecule has 2 aliphatic carbocycles. The Morgan fingerprint density at radius 3 is 2.27 bits per heavy atom. The van der Waals surface area contributed by atoms with Crippen molar-refractivity contribution in [3.8, 4) is 34.6 Å². The number of nitrogens with two attached hydrogens (primary N) is 1. The summed E-state index contributed by atoms with van der Waals surface area (Å²) in [4.78, 5) is 64.4. The largest absolute Gasteiger partial charge is 0.375 e. The fourth-order valence-electron chi connectivity index (χ4n) is 9.53. The van der Waals surface area contributed by atoms with E-state index in [1.54, 1.807) is 44.7 Å². The van der Waals surface area contributed by atoms with E-state index in [1.165, 1.54) is 15.9 Å². The molecule has 2 unspecified atom stereocenters. The number of nitrogens with one attached hydrogen (secondary N) is 1. The molecule has 5 N–H and O–H groups in total. The fourth-order valence-corrected chi connectivity index (χ4v) is 9.53. The van der Waals surface area contributed by atoms with Crippen LogP contribution in [-0.4, -0.2) is 95.5 Å². The van der Waals surface area contributed by atoms with Crippen LogP contribution in [0.2, 0.25) is 0 Å². The molecule has 2 aromatic carbocycles. The second kappa shape index (κ2) is 11.1. The zero-order chi connectivity index (χ0) is 38.3. The van der Waals surface area contributed by atoms with Crippen molar-refractivity contribution in [1.29, 1.82) is 0 Å². The van der Waals surface area contributed by atoms with Crippen molar-refractivity contribution >= 4 is 23.6 Å². The number of amides is 4. The third kappa shape index (κ3) is 4.67. The van der Waals surface area contributed by atoms with Crippen molar-refractivity contribution in [1.82, 2.24) is 34.2 Å². The number of hydrogen-bond acceptors (Lipinski definition) is 8. The van der Waals surface area contributed by atoms with Crippen molar-refractivity contribution < 1.29 is 33.8 Å². The SMILES string of the molecule is CN1CCC(O)(C#Cc2cc3c(cc2F)C2CC(C2)n2cc(C(=O)NC45CC(C4)n4cc(C(N)=O)nc4-c4cc(C6(O)CCN(C)C6=O)ccc45)nc2-3)C1=O. The molecule has 4 bridgehead atoms. The number of imidazole rings is 2. The van der Waals surface area contributed by atoms with Gasteiger partial charge in [-0.05, 0) is 66.5 Å². The van der Waals surface area contributed by atoms with Crippen molar-refractivity contribution in [3.63, 3.8) is 0 Å². The molecule has 4 amide bonds. The number of hydrogen-bond donors (Lipinski definition) is 4. The summed E-state index contributed by atoms with van der Waals surface area (Å²) in [6.07, 6.45) is 6.15. The van der Waals surface area contributed by atoms with Gasteiger partial charge >= 0.3 is 0 Å². The molecule has 2 saturated heterocycles. The molecule has 12 rings (SSSR count). The second-order valence-electron chi connectivity index (χ2n) is 16.1. The third-order valence-electron chi connectivity index (χ3n) is 12.9. The summed E-state index contributed by atoms with van der Waals surface area (Å²) >= 11 is 0. The van der Waals surface area contributed by atoms with Gasteiger partial charge < -0.3 is 40.2 Å². The van der Waals surface area contributed by atoms with E-state index in [2.05, 4.69) is 22.1 Å². The molecule has 6 aliphatic heterocycles. The zero-order valence-corrected chi connectivity index (χ0v) is 30.1. The van der Waals surface area contributed by atoms with E-state index in [9.17, 15) is 29.4 Å². The summed E-state index contributed by atoms with van der Waals surface area (Å²) in [5.41, 5.74) is 4.56. The molecule has 8 aliphatic rings. The van der Waals surface area contributed by atoms with Crippen LogP contribution in [-0.2, 0) is 20.7 Å². The number of nitrogens with zero attached hydrogens (tertiary/aromatic N) is 6. The maximum atomic E-state index is 15.5. The number of carbonyl (C=O) groups is 4. The predicted molar refractivity (Wildman–Crippen MR) is 192 cm³/mol. The number of benzene rings is 2. The molecular formula is C40H37FN8O6. The first-order chi connectivity index (χ1) is 26.2. The highest BCUT2D eigenvalue weighted by Gasteiger charge is 2.54. The minimum atomic E-state index is -1.88. The van der Waals surface area contributed by atoms with Crippen LogP contribution in [0, 0.1) is 17.7 Å². The van der Waals surface area contributed by atoms with Gasteiger partial charge in [0.15, 0.2) is 5.60 Å². The monoisotopic (exact) mass is 744 g/mol. The average molecular weight is 745 g/mol. The summed E-state index contributed by atoms with van der Waals surface area (Å²) in [7, 11) is 3.22. The summed E-state index contributed by atoms with van der Waals surface area (Å²) < 4.78 is 19.4. The summed E-state index contributed by atoms with van der Waals surface area (Å²) in [5.74, 6) is 3.83. The number of aliphatic hydroxyl groups is 2. The van der Waals surface area contributed by atoms with Crippen LogP contribution in [0.25, 0.3) is 22.8 Å². The van der Waals surface area contributed by atoms with Crippen molar-refractivity contribution in [2.24, 2.45) is 5.73 Å². The molecule has 2 saturated carbocycles. The van der Waals surface area contributed by atoms with Gasteiger partial charge in [-0.2, -0.15) is 0 Å². The average Bonchev–Trinajstić information content (AvgIpc) is 3.83. The van der Waals surface area contributed by atoms with Crippen molar-refractivity contribution in [2.45, 2.75) is 73.3 Å². The van der Waals surface area contributed by atoms with E-state index in [1.807, 2.05) is 15.2 Å². The van der Waals surface area contributed by atoms with Gasteiger partial charge in [0.1, 0.15) is 28.9 Å². The van der Waals surface area contributed by atoms with Gasteiger partial charge in [0.25, 0.3) is 23.6 Å². The van der Waals surface area contributed by atoms with Gasteiger partial charge in [-0.1, -0.05) is 24.0 Å². The molecule has 14 nitrogen and oxygen atoms in total. The van der Waals surface area contributed by atoms with E-state index >= 15 is 4.39 Å². The molecule has 55 heavy (non-hydrogen) atoms. The highest BCUT2D eigenvalue weighted by Crippen LogP contribution is 2.56. The van der Waals surface area contributed by atoms with Crippen LogP contribution in [0.15, 0.2) is 42.7 Å². The molecule has 8 heterocycles. The van der Waals surface area contributed by atoms with E-state index in [4.69, 9.17) is 10.7 Å². The lowest BCUT2D eigenvalue weighted by Gasteiger charge is -2.47. The number of rotatable bonds is 4. The zero-order valence-electron chi connectivity index (χ0n) is 30.1. The maximum absolute atomic E-state index is 15.5. The Bertz CT molecular complexity index is 2500. The maximum Gasteiger partial charge on any atom is 0.272 e. The summed E-state index contributed by atoms with van der Waals surface area (Å²) in [6, 6.07) is 8.26. The normalized spacial score (nSPS) is 29.4. The molecule has 2 aromatic heterocycles. The van der Waals surface area contributed by atoms with Gasteiger partial charge in [0, 0.05) is 75.6 Å². The highest BCUT2D eigenvalue weighted by molar-refractivity contribution is 5.95. The van der Waals surface area contributed by atoms with Crippen LogP contribution in [0.1, 0.15) is 99.8 Å². The molecule has 280 valence electrons. The quantitative estimate of drug-likeness (QED) is 0.229.